The lowest BCUT2D eigenvalue weighted by Crippen LogP contribution is -2.25. The van der Waals surface area contributed by atoms with Crippen LogP contribution in [0.4, 0.5) is 10.1 Å². The summed E-state index contributed by atoms with van der Waals surface area (Å²) in [6.07, 6.45) is 0.743. The molecule has 3 rings (SSSR count). The van der Waals surface area contributed by atoms with E-state index in [2.05, 4.69) is 10.0 Å². The molecular formula is C22H20ClFN2O3S2. The molecule has 0 radical (unpaired) electrons. The second-order valence-electron chi connectivity index (χ2n) is 6.53. The molecule has 0 aromatic heterocycles. The number of rotatable bonds is 9. The van der Waals surface area contributed by atoms with E-state index in [1.165, 1.54) is 30.3 Å². The fourth-order valence-corrected chi connectivity index (χ4v) is 4.82. The lowest BCUT2D eigenvalue weighted by atomic mass is 10.2. The van der Waals surface area contributed by atoms with Crippen LogP contribution in [0.3, 0.4) is 0 Å². The van der Waals surface area contributed by atoms with Gasteiger partial charge in [-0.1, -0.05) is 29.8 Å². The van der Waals surface area contributed by atoms with Crippen molar-refractivity contribution in [2.24, 2.45) is 0 Å². The lowest BCUT2D eigenvalue weighted by Gasteiger charge is -2.11. The van der Waals surface area contributed by atoms with E-state index in [0.717, 1.165) is 29.2 Å². The van der Waals surface area contributed by atoms with Gasteiger partial charge in [0, 0.05) is 17.1 Å². The maximum atomic E-state index is 13.0. The zero-order valence-electron chi connectivity index (χ0n) is 16.3. The highest BCUT2D eigenvalue weighted by atomic mass is 35.5. The van der Waals surface area contributed by atoms with Crippen LogP contribution < -0.4 is 10.0 Å². The summed E-state index contributed by atoms with van der Waals surface area (Å²) in [7, 11) is -3.97. The van der Waals surface area contributed by atoms with Gasteiger partial charge in [0.15, 0.2) is 0 Å². The third-order valence-corrected chi connectivity index (χ3v) is 7.01. The molecule has 5 nitrogen and oxygen atoms in total. The molecule has 31 heavy (non-hydrogen) atoms. The number of hydrogen-bond donors (Lipinski definition) is 2. The number of hydrogen-bond acceptors (Lipinski definition) is 4. The standard InChI is InChI=1S/C22H20ClFN2O3S2/c23-21-12-11-19(31(28,29)26-17-9-7-16(24)8-10-17)15-20(21)22(27)25-13-4-14-30-18-5-2-1-3-6-18/h1-3,5-12,15,26H,4,13-14H2,(H,25,27). The summed E-state index contributed by atoms with van der Waals surface area (Å²) in [5, 5.41) is 2.92. The fraction of sp³-hybridized carbons (Fsp3) is 0.136. The van der Waals surface area contributed by atoms with Crippen LogP contribution in [0.25, 0.3) is 0 Å². The third kappa shape index (κ3) is 6.72. The minimum absolute atomic E-state index is 0.0689. The second-order valence-corrected chi connectivity index (χ2v) is 9.78. The molecule has 0 aliphatic carbocycles. The lowest BCUT2D eigenvalue weighted by molar-refractivity contribution is 0.0953. The normalized spacial score (nSPS) is 11.2. The van der Waals surface area contributed by atoms with Gasteiger partial charge in [-0.15, -0.1) is 11.8 Å². The van der Waals surface area contributed by atoms with E-state index in [9.17, 15) is 17.6 Å². The van der Waals surface area contributed by atoms with Gasteiger partial charge in [0.2, 0.25) is 0 Å². The van der Waals surface area contributed by atoms with Crippen molar-refractivity contribution >= 4 is 45.0 Å². The summed E-state index contributed by atoms with van der Waals surface area (Å²) in [6, 6.07) is 18.7. The molecule has 1 amide bonds. The molecule has 0 saturated heterocycles. The van der Waals surface area contributed by atoms with Gasteiger partial charge in [0.1, 0.15) is 5.82 Å². The quantitative estimate of drug-likeness (QED) is 0.328. The zero-order chi connectivity index (χ0) is 22.3. The first-order valence-corrected chi connectivity index (χ1v) is 12.2. The van der Waals surface area contributed by atoms with Crippen molar-refractivity contribution in [3.63, 3.8) is 0 Å². The molecule has 0 fully saturated rings. The Balaban J connectivity index is 1.60. The smallest absolute Gasteiger partial charge is 0.261 e. The number of anilines is 1. The molecule has 0 aliphatic heterocycles. The minimum Gasteiger partial charge on any atom is -0.352 e. The Hall–Kier alpha value is -2.55. The first kappa shape index (κ1) is 23.1. The summed E-state index contributed by atoms with van der Waals surface area (Å²) in [5.41, 5.74) is 0.276. The van der Waals surface area contributed by atoms with Gasteiger partial charge in [0.05, 0.1) is 15.5 Å². The van der Waals surface area contributed by atoms with Crippen molar-refractivity contribution in [1.82, 2.24) is 5.32 Å². The van der Waals surface area contributed by atoms with Gasteiger partial charge in [0.25, 0.3) is 15.9 Å². The van der Waals surface area contributed by atoms with Gasteiger partial charge < -0.3 is 5.32 Å². The van der Waals surface area contributed by atoms with Crippen LogP contribution >= 0.6 is 23.4 Å². The van der Waals surface area contributed by atoms with Crippen LogP contribution in [-0.2, 0) is 10.0 Å². The highest BCUT2D eigenvalue weighted by Crippen LogP contribution is 2.23. The molecule has 2 N–H and O–H groups in total. The summed E-state index contributed by atoms with van der Waals surface area (Å²) in [4.78, 5) is 13.6. The monoisotopic (exact) mass is 478 g/mol. The Morgan fingerprint density at radius 3 is 2.42 bits per heavy atom. The first-order valence-electron chi connectivity index (χ1n) is 9.39. The Morgan fingerprint density at radius 2 is 1.71 bits per heavy atom. The molecule has 3 aromatic carbocycles. The molecule has 0 saturated carbocycles. The van der Waals surface area contributed by atoms with Crippen molar-refractivity contribution in [1.29, 1.82) is 0 Å². The Kier molecular flexibility index (Phi) is 7.95. The maximum Gasteiger partial charge on any atom is 0.261 e. The van der Waals surface area contributed by atoms with Crippen molar-refractivity contribution in [2.45, 2.75) is 16.2 Å². The predicted molar refractivity (Wildman–Crippen MR) is 123 cm³/mol. The van der Waals surface area contributed by atoms with Crippen molar-refractivity contribution in [2.75, 3.05) is 17.0 Å². The van der Waals surface area contributed by atoms with Gasteiger partial charge in [-0.3, -0.25) is 9.52 Å². The van der Waals surface area contributed by atoms with E-state index in [1.807, 2.05) is 30.3 Å². The van der Waals surface area contributed by atoms with Crippen LogP contribution in [0.1, 0.15) is 16.8 Å². The number of amides is 1. The van der Waals surface area contributed by atoms with Crippen LogP contribution in [-0.4, -0.2) is 26.6 Å². The van der Waals surface area contributed by atoms with Crippen LogP contribution in [0.5, 0.6) is 0 Å². The van der Waals surface area contributed by atoms with Gasteiger partial charge >= 0.3 is 0 Å². The molecule has 9 heteroatoms. The van der Waals surface area contributed by atoms with Gasteiger partial charge in [-0.25, -0.2) is 12.8 Å². The average Bonchev–Trinajstić information content (AvgIpc) is 2.75. The zero-order valence-corrected chi connectivity index (χ0v) is 18.7. The van der Waals surface area contributed by atoms with Crippen molar-refractivity contribution in [3.8, 4) is 0 Å². The summed E-state index contributed by atoms with van der Waals surface area (Å²) < 4.78 is 40.6. The van der Waals surface area contributed by atoms with Gasteiger partial charge in [-0.05, 0) is 66.8 Å². The number of halogens is 2. The largest absolute Gasteiger partial charge is 0.352 e. The average molecular weight is 479 g/mol. The summed E-state index contributed by atoms with van der Waals surface area (Å²) in [5.74, 6) is -0.0993. The molecule has 162 valence electrons. The predicted octanol–water partition coefficient (Wildman–Crippen LogP) is 5.19. The molecule has 0 bridgehead atoms. The van der Waals surface area contributed by atoms with E-state index in [0.29, 0.717) is 6.54 Å². The number of sulfonamides is 1. The topological polar surface area (TPSA) is 75.3 Å². The van der Waals surface area contributed by atoms with Crippen LogP contribution in [0.2, 0.25) is 5.02 Å². The Labute approximate surface area is 190 Å². The molecule has 0 heterocycles. The third-order valence-electron chi connectivity index (χ3n) is 4.21. The number of carbonyl (C=O) groups is 1. The molecule has 0 unspecified atom stereocenters. The maximum absolute atomic E-state index is 13.0. The Morgan fingerprint density at radius 1 is 1.00 bits per heavy atom. The number of carbonyl (C=O) groups excluding carboxylic acids is 1. The minimum atomic E-state index is -3.97. The SMILES string of the molecule is O=C(NCCCSc1ccccc1)c1cc(S(=O)(=O)Nc2ccc(F)cc2)ccc1Cl. The first-order chi connectivity index (χ1) is 14.8. The van der Waals surface area contributed by atoms with Crippen LogP contribution in [0.15, 0.2) is 82.6 Å². The fourth-order valence-electron chi connectivity index (χ4n) is 2.65. The molecule has 0 aliphatic rings. The van der Waals surface area contributed by atoms with E-state index < -0.39 is 21.7 Å². The summed E-state index contributed by atoms with van der Waals surface area (Å²) >= 11 is 7.81. The van der Waals surface area contributed by atoms with E-state index in [4.69, 9.17) is 11.6 Å². The second kappa shape index (κ2) is 10.7. The Bertz CT molecular complexity index is 1140. The van der Waals surface area contributed by atoms with Crippen LogP contribution in [0, 0.1) is 5.82 Å². The van der Waals surface area contributed by atoms with Gasteiger partial charge in [-0.2, -0.15) is 0 Å². The highest BCUT2D eigenvalue weighted by Gasteiger charge is 2.19. The van der Waals surface area contributed by atoms with E-state index in [1.54, 1.807) is 11.8 Å². The molecule has 0 spiro atoms. The summed E-state index contributed by atoms with van der Waals surface area (Å²) in [6.45, 7) is 0.430. The van der Waals surface area contributed by atoms with Crippen molar-refractivity contribution < 1.29 is 17.6 Å². The number of benzene rings is 3. The highest BCUT2D eigenvalue weighted by molar-refractivity contribution is 7.99. The van der Waals surface area contributed by atoms with E-state index in [-0.39, 0.29) is 21.2 Å². The van der Waals surface area contributed by atoms with E-state index >= 15 is 0 Å². The molecule has 3 aromatic rings. The van der Waals surface area contributed by atoms with Crippen molar-refractivity contribution in [3.05, 3.63) is 89.2 Å². The molecular weight excluding hydrogens is 459 g/mol. The number of nitrogens with one attached hydrogen (secondary N) is 2. The number of thioether (sulfide) groups is 1. The molecule has 0 atom stereocenters.